The highest BCUT2D eigenvalue weighted by molar-refractivity contribution is 6.36. The molecule has 6 heteroatoms. The molecule has 4 nitrogen and oxygen atoms in total. The van der Waals surface area contributed by atoms with Gasteiger partial charge in [-0.1, -0.05) is 23.2 Å². The second kappa shape index (κ2) is 5.92. The minimum absolute atomic E-state index is 0.0453. The lowest BCUT2D eigenvalue weighted by atomic mass is 10.3. The van der Waals surface area contributed by atoms with E-state index in [1.54, 1.807) is 30.5 Å². The Balaban J connectivity index is 1.67. The van der Waals surface area contributed by atoms with Gasteiger partial charge in [-0.25, -0.2) is 4.98 Å². The quantitative estimate of drug-likeness (QED) is 0.872. The van der Waals surface area contributed by atoms with Gasteiger partial charge in [0.1, 0.15) is 5.82 Å². The summed E-state index contributed by atoms with van der Waals surface area (Å²) in [5.74, 6) is 0.765. The molecule has 1 amide bonds. The number of rotatable bonds is 4. The van der Waals surface area contributed by atoms with E-state index in [0.717, 1.165) is 24.2 Å². The fourth-order valence-electron chi connectivity index (χ4n) is 1.86. The molecule has 0 radical (unpaired) electrons. The van der Waals surface area contributed by atoms with E-state index in [-0.39, 0.29) is 11.8 Å². The number of carbonyl (C=O) groups excluding carboxylic acids is 1. The van der Waals surface area contributed by atoms with Crippen molar-refractivity contribution in [1.29, 1.82) is 0 Å². The van der Waals surface area contributed by atoms with Crippen molar-refractivity contribution < 1.29 is 4.79 Å². The first-order valence-electron chi connectivity index (χ1n) is 6.61. The molecular weight excluding hydrogens is 309 g/mol. The number of hydrogen-bond acceptors (Lipinski definition) is 3. The van der Waals surface area contributed by atoms with Crippen molar-refractivity contribution in [1.82, 2.24) is 4.98 Å². The van der Waals surface area contributed by atoms with Crippen molar-refractivity contribution in [3.8, 4) is 0 Å². The van der Waals surface area contributed by atoms with Gasteiger partial charge in [0.05, 0.1) is 22.6 Å². The molecule has 0 bridgehead atoms. The Labute approximate surface area is 132 Å². The number of benzene rings is 1. The number of nitrogens with one attached hydrogen (secondary N) is 2. The van der Waals surface area contributed by atoms with E-state index in [9.17, 15) is 4.79 Å². The zero-order valence-electron chi connectivity index (χ0n) is 11.1. The second-order valence-corrected chi connectivity index (χ2v) is 5.79. The molecule has 1 aromatic carbocycles. The molecular formula is C15H13Cl2N3O. The molecule has 2 N–H and O–H groups in total. The van der Waals surface area contributed by atoms with Crippen molar-refractivity contribution in [2.24, 2.45) is 5.92 Å². The van der Waals surface area contributed by atoms with Gasteiger partial charge in [0.25, 0.3) is 0 Å². The van der Waals surface area contributed by atoms with E-state index >= 15 is 0 Å². The van der Waals surface area contributed by atoms with Gasteiger partial charge in [-0.15, -0.1) is 0 Å². The van der Waals surface area contributed by atoms with Gasteiger partial charge >= 0.3 is 0 Å². The average Bonchev–Trinajstić information content (AvgIpc) is 3.28. The summed E-state index contributed by atoms with van der Waals surface area (Å²) in [6, 6.07) is 8.82. The smallest absolute Gasteiger partial charge is 0.228 e. The highest BCUT2D eigenvalue weighted by atomic mass is 35.5. The van der Waals surface area contributed by atoms with Crippen LogP contribution in [0.3, 0.4) is 0 Å². The Hall–Kier alpha value is -1.78. The maximum atomic E-state index is 11.6. The van der Waals surface area contributed by atoms with Gasteiger partial charge in [-0.3, -0.25) is 4.79 Å². The fraction of sp³-hybridized carbons (Fsp3) is 0.200. The zero-order chi connectivity index (χ0) is 14.8. The first kappa shape index (κ1) is 14.2. The SMILES string of the molecule is O=C(Nc1ccc(Nc2ccc(Cl)cc2Cl)cn1)C1CC1. The lowest BCUT2D eigenvalue weighted by Crippen LogP contribution is -2.14. The van der Waals surface area contributed by atoms with E-state index < -0.39 is 0 Å². The number of aromatic nitrogens is 1. The standard InChI is InChI=1S/C15H13Cl2N3O/c16-10-3-5-13(12(17)7-10)19-11-4-6-14(18-8-11)20-15(21)9-1-2-9/h3-9,19H,1-2H2,(H,18,20,21). The molecule has 1 aliphatic rings. The normalized spacial score (nSPS) is 13.8. The average molecular weight is 322 g/mol. The van der Waals surface area contributed by atoms with Crippen LogP contribution in [0, 0.1) is 5.92 Å². The summed E-state index contributed by atoms with van der Waals surface area (Å²) in [4.78, 5) is 15.8. The largest absolute Gasteiger partial charge is 0.353 e. The predicted octanol–water partition coefficient (Wildman–Crippen LogP) is 4.48. The van der Waals surface area contributed by atoms with Crippen molar-refractivity contribution >= 4 is 46.3 Å². The molecule has 108 valence electrons. The van der Waals surface area contributed by atoms with Crippen molar-refractivity contribution in [3.63, 3.8) is 0 Å². The van der Waals surface area contributed by atoms with Crippen LogP contribution in [-0.4, -0.2) is 10.9 Å². The highest BCUT2D eigenvalue weighted by Crippen LogP contribution is 2.30. The molecule has 0 aliphatic heterocycles. The summed E-state index contributed by atoms with van der Waals surface area (Å²) in [6.45, 7) is 0. The predicted molar refractivity (Wildman–Crippen MR) is 85.3 cm³/mol. The zero-order valence-corrected chi connectivity index (χ0v) is 12.6. The first-order valence-corrected chi connectivity index (χ1v) is 7.36. The van der Waals surface area contributed by atoms with Gasteiger partial charge in [0.15, 0.2) is 0 Å². The number of nitrogens with zero attached hydrogens (tertiary/aromatic N) is 1. The molecule has 1 fully saturated rings. The van der Waals surface area contributed by atoms with E-state index in [1.807, 2.05) is 6.07 Å². The van der Waals surface area contributed by atoms with Crippen LogP contribution in [0.1, 0.15) is 12.8 Å². The van der Waals surface area contributed by atoms with Crippen LogP contribution in [0.25, 0.3) is 0 Å². The number of carbonyl (C=O) groups is 1. The minimum Gasteiger partial charge on any atom is -0.353 e. The van der Waals surface area contributed by atoms with Gasteiger partial charge in [-0.2, -0.15) is 0 Å². The number of pyridine rings is 1. The minimum atomic E-state index is 0.0453. The van der Waals surface area contributed by atoms with Crippen molar-refractivity contribution in [3.05, 3.63) is 46.6 Å². The number of halogens is 2. The van der Waals surface area contributed by atoms with E-state index in [0.29, 0.717) is 15.9 Å². The van der Waals surface area contributed by atoms with Crippen LogP contribution >= 0.6 is 23.2 Å². The van der Waals surface area contributed by atoms with E-state index in [1.165, 1.54) is 0 Å². The first-order chi connectivity index (χ1) is 10.1. The summed E-state index contributed by atoms with van der Waals surface area (Å²) in [5.41, 5.74) is 1.53. The maximum Gasteiger partial charge on any atom is 0.228 e. The lowest BCUT2D eigenvalue weighted by Gasteiger charge is -2.09. The van der Waals surface area contributed by atoms with Gasteiger partial charge in [0.2, 0.25) is 5.91 Å². The molecule has 1 aliphatic carbocycles. The summed E-state index contributed by atoms with van der Waals surface area (Å²) in [5, 5.41) is 7.06. The third kappa shape index (κ3) is 3.65. The van der Waals surface area contributed by atoms with Crippen LogP contribution in [0.4, 0.5) is 17.2 Å². The summed E-state index contributed by atoms with van der Waals surface area (Å²) in [7, 11) is 0. The van der Waals surface area contributed by atoms with Crippen molar-refractivity contribution in [2.75, 3.05) is 10.6 Å². The summed E-state index contributed by atoms with van der Waals surface area (Å²) >= 11 is 12.0. The van der Waals surface area contributed by atoms with Gasteiger partial charge in [-0.05, 0) is 43.2 Å². The lowest BCUT2D eigenvalue weighted by molar-refractivity contribution is -0.117. The van der Waals surface area contributed by atoms with Crippen LogP contribution in [-0.2, 0) is 4.79 Å². The Morgan fingerprint density at radius 1 is 1.19 bits per heavy atom. The molecule has 0 atom stereocenters. The molecule has 0 unspecified atom stereocenters. The molecule has 0 spiro atoms. The highest BCUT2D eigenvalue weighted by Gasteiger charge is 2.29. The van der Waals surface area contributed by atoms with E-state index in [2.05, 4.69) is 15.6 Å². The Morgan fingerprint density at radius 3 is 2.62 bits per heavy atom. The molecule has 1 aromatic heterocycles. The Bertz CT molecular complexity index is 669. The van der Waals surface area contributed by atoms with E-state index in [4.69, 9.17) is 23.2 Å². The van der Waals surface area contributed by atoms with Crippen molar-refractivity contribution in [2.45, 2.75) is 12.8 Å². The summed E-state index contributed by atoms with van der Waals surface area (Å²) < 4.78 is 0. The van der Waals surface area contributed by atoms with Crippen LogP contribution in [0.2, 0.25) is 10.0 Å². The third-order valence-electron chi connectivity index (χ3n) is 3.17. The monoisotopic (exact) mass is 321 g/mol. The molecule has 2 aromatic rings. The number of amides is 1. The molecule has 21 heavy (non-hydrogen) atoms. The Kier molecular flexibility index (Phi) is 3.99. The fourth-order valence-corrected chi connectivity index (χ4v) is 2.32. The molecule has 3 rings (SSSR count). The third-order valence-corrected chi connectivity index (χ3v) is 3.72. The number of hydrogen-bond donors (Lipinski definition) is 2. The van der Waals surface area contributed by atoms with Crippen LogP contribution in [0.15, 0.2) is 36.5 Å². The molecule has 1 heterocycles. The van der Waals surface area contributed by atoms with Crippen LogP contribution < -0.4 is 10.6 Å². The topological polar surface area (TPSA) is 54.0 Å². The molecule has 0 saturated heterocycles. The summed E-state index contributed by atoms with van der Waals surface area (Å²) in [6.07, 6.45) is 3.59. The van der Waals surface area contributed by atoms with Gasteiger partial charge < -0.3 is 10.6 Å². The Morgan fingerprint density at radius 2 is 2.00 bits per heavy atom. The second-order valence-electron chi connectivity index (χ2n) is 4.94. The van der Waals surface area contributed by atoms with Crippen LogP contribution in [0.5, 0.6) is 0 Å². The number of anilines is 3. The molecule has 1 saturated carbocycles. The van der Waals surface area contributed by atoms with Gasteiger partial charge in [0, 0.05) is 10.9 Å². The maximum absolute atomic E-state index is 11.6.